The Morgan fingerprint density at radius 3 is 1.81 bits per heavy atom. The highest BCUT2D eigenvalue weighted by molar-refractivity contribution is 7.25. The van der Waals surface area contributed by atoms with E-state index in [-0.39, 0.29) is 0 Å². The summed E-state index contributed by atoms with van der Waals surface area (Å²) < 4.78 is 9.86. The molecule has 246 valence electrons. The van der Waals surface area contributed by atoms with Gasteiger partial charge in [0.1, 0.15) is 16.0 Å². The van der Waals surface area contributed by atoms with E-state index in [2.05, 4.69) is 156 Å². The molecule has 0 bridgehead atoms. The molecule has 0 saturated heterocycles. The van der Waals surface area contributed by atoms with Gasteiger partial charge < -0.3 is 4.42 Å². The summed E-state index contributed by atoms with van der Waals surface area (Å²) in [5, 5.41) is 11.7. The number of hydrogen-bond donors (Lipinski definition) is 0. The lowest BCUT2D eigenvalue weighted by atomic mass is 10.00. The smallest absolute Gasteiger partial charge is 0.236 e. The van der Waals surface area contributed by atoms with Crippen LogP contribution >= 0.6 is 11.3 Å². The first-order valence-corrected chi connectivity index (χ1v) is 18.6. The molecule has 12 rings (SSSR count). The summed E-state index contributed by atoms with van der Waals surface area (Å²) in [4.78, 5) is 12.0. The van der Waals surface area contributed by atoms with Crippen LogP contribution in [-0.4, -0.2) is 14.5 Å². The fourth-order valence-corrected chi connectivity index (χ4v) is 9.53. The summed E-state index contributed by atoms with van der Waals surface area (Å²) in [6.45, 7) is 0. The Morgan fingerprint density at radius 1 is 0.434 bits per heavy atom. The van der Waals surface area contributed by atoms with Gasteiger partial charge >= 0.3 is 0 Å². The van der Waals surface area contributed by atoms with E-state index in [0.717, 1.165) is 59.8 Å². The molecule has 0 aliphatic rings. The zero-order chi connectivity index (χ0) is 34.6. The summed E-state index contributed by atoms with van der Waals surface area (Å²) >= 11 is 1.73. The van der Waals surface area contributed by atoms with Gasteiger partial charge in [-0.15, -0.1) is 11.3 Å². The maximum atomic E-state index is 6.41. The summed E-state index contributed by atoms with van der Waals surface area (Å²) in [6, 6.07) is 58.3. The first-order valence-electron chi connectivity index (χ1n) is 17.8. The number of rotatable bonds is 3. The third-order valence-electron chi connectivity index (χ3n) is 10.8. The molecule has 0 radical (unpaired) electrons. The van der Waals surface area contributed by atoms with Crippen molar-refractivity contribution >= 4 is 96.9 Å². The quantitative estimate of drug-likeness (QED) is 0.185. The van der Waals surface area contributed by atoms with E-state index in [0.29, 0.717) is 5.95 Å². The number of para-hydroxylation sites is 1. The molecule has 0 aliphatic heterocycles. The van der Waals surface area contributed by atoms with E-state index in [4.69, 9.17) is 14.4 Å². The molecule has 0 N–H and O–H groups in total. The summed E-state index contributed by atoms with van der Waals surface area (Å²) in [6.07, 6.45) is 0. The molecule has 0 fully saturated rings. The molecule has 12 aromatic rings. The van der Waals surface area contributed by atoms with E-state index < -0.39 is 0 Å². The summed E-state index contributed by atoms with van der Waals surface area (Å²) in [5.74, 6) is 0.651. The van der Waals surface area contributed by atoms with Gasteiger partial charge in [0.25, 0.3) is 0 Å². The highest BCUT2D eigenvalue weighted by Crippen LogP contribution is 2.44. The Bertz CT molecular complexity index is 3370. The van der Waals surface area contributed by atoms with Crippen LogP contribution < -0.4 is 0 Å². The third kappa shape index (κ3) is 4.17. The normalized spacial score (nSPS) is 12.2. The summed E-state index contributed by atoms with van der Waals surface area (Å²) in [7, 11) is 0. The Kier molecular flexibility index (Phi) is 5.90. The molecule has 5 heteroatoms. The van der Waals surface area contributed by atoms with Crippen molar-refractivity contribution in [1.29, 1.82) is 0 Å². The average Bonchev–Trinajstić information content (AvgIpc) is 3.89. The van der Waals surface area contributed by atoms with Crippen LogP contribution in [0.5, 0.6) is 0 Å². The van der Waals surface area contributed by atoms with E-state index in [1.54, 1.807) is 11.3 Å². The minimum absolute atomic E-state index is 0.651. The zero-order valence-corrected chi connectivity index (χ0v) is 29.1. The Morgan fingerprint density at radius 2 is 1.06 bits per heavy atom. The Labute approximate surface area is 306 Å². The largest absolute Gasteiger partial charge is 0.456 e. The number of nitrogens with zero attached hydrogens (tertiary/aromatic N) is 3. The van der Waals surface area contributed by atoms with Gasteiger partial charge in [-0.25, -0.2) is 9.97 Å². The SMILES string of the molecule is c1ccc(-c2ccc3c(c2)sc2nc(-n4c5ccc6ccccc6c5c5c6ccccc6ccc54)nc(-c4ccc5c(c4)oc4ccccc45)c23)cc1. The minimum Gasteiger partial charge on any atom is -0.456 e. The van der Waals surface area contributed by atoms with Crippen molar-refractivity contribution in [3.05, 3.63) is 164 Å². The molecule has 0 spiro atoms. The van der Waals surface area contributed by atoms with Crippen molar-refractivity contribution in [2.75, 3.05) is 0 Å². The zero-order valence-electron chi connectivity index (χ0n) is 28.2. The topological polar surface area (TPSA) is 43.9 Å². The minimum atomic E-state index is 0.651. The number of benzene rings is 8. The number of aromatic nitrogens is 3. The Hall–Kier alpha value is -6.82. The second-order valence-corrected chi connectivity index (χ2v) is 14.8. The molecule has 0 saturated carbocycles. The fourth-order valence-electron chi connectivity index (χ4n) is 8.42. The molecule has 4 nitrogen and oxygen atoms in total. The lowest BCUT2D eigenvalue weighted by molar-refractivity contribution is 0.669. The lowest BCUT2D eigenvalue weighted by Gasteiger charge is -2.11. The highest BCUT2D eigenvalue weighted by atomic mass is 32.1. The molecule has 0 atom stereocenters. The number of thiophene rings is 1. The second kappa shape index (κ2) is 10.8. The van der Waals surface area contributed by atoms with Crippen LogP contribution in [0.4, 0.5) is 0 Å². The van der Waals surface area contributed by atoms with Crippen LogP contribution in [0, 0.1) is 0 Å². The molecule has 4 aromatic heterocycles. The van der Waals surface area contributed by atoms with Gasteiger partial charge in [-0.1, -0.05) is 127 Å². The molecular weight excluding hydrogens is 667 g/mol. The van der Waals surface area contributed by atoms with Crippen LogP contribution in [0.3, 0.4) is 0 Å². The second-order valence-electron chi connectivity index (χ2n) is 13.7. The maximum Gasteiger partial charge on any atom is 0.236 e. The van der Waals surface area contributed by atoms with Gasteiger partial charge in [0.15, 0.2) is 0 Å². The first-order chi connectivity index (χ1) is 26.3. The van der Waals surface area contributed by atoms with Crippen molar-refractivity contribution in [2.24, 2.45) is 0 Å². The van der Waals surface area contributed by atoms with Gasteiger partial charge in [0.2, 0.25) is 5.95 Å². The lowest BCUT2D eigenvalue weighted by Crippen LogP contribution is -2.02. The molecule has 0 unspecified atom stereocenters. The average molecular weight is 694 g/mol. The molecule has 4 heterocycles. The van der Waals surface area contributed by atoms with Crippen LogP contribution in [0.2, 0.25) is 0 Å². The van der Waals surface area contributed by atoms with E-state index in [9.17, 15) is 0 Å². The van der Waals surface area contributed by atoms with Crippen LogP contribution in [-0.2, 0) is 0 Å². The van der Waals surface area contributed by atoms with Crippen molar-refractivity contribution in [2.45, 2.75) is 0 Å². The van der Waals surface area contributed by atoms with Crippen molar-refractivity contribution < 1.29 is 4.42 Å². The van der Waals surface area contributed by atoms with Crippen LogP contribution in [0.15, 0.2) is 168 Å². The number of hydrogen-bond acceptors (Lipinski definition) is 4. The van der Waals surface area contributed by atoms with Crippen LogP contribution in [0.25, 0.3) is 114 Å². The molecule has 0 amide bonds. The standard InChI is InChI=1S/C48H27N3OS/c1-2-10-28(11-3-1)31-18-23-37-42(27-31)53-47-45(37)46(32-19-22-36-35-16-8-9-17-40(35)52-41(36)26-32)49-48(50-47)51-38-24-20-29-12-4-6-14-33(29)43(38)44-34-15-7-5-13-30(34)21-25-39(44)51/h1-27H. The van der Waals surface area contributed by atoms with Gasteiger partial charge in [0, 0.05) is 42.6 Å². The van der Waals surface area contributed by atoms with Gasteiger partial charge in [0.05, 0.1) is 16.7 Å². The monoisotopic (exact) mass is 693 g/mol. The van der Waals surface area contributed by atoms with E-state index in [1.807, 2.05) is 12.1 Å². The van der Waals surface area contributed by atoms with Gasteiger partial charge in [-0.05, 0) is 69.1 Å². The number of fused-ring (bicyclic) bond motifs is 13. The maximum absolute atomic E-state index is 6.41. The van der Waals surface area contributed by atoms with Crippen molar-refractivity contribution in [3.8, 4) is 28.3 Å². The molecular formula is C48H27N3OS. The van der Waals surface area contributed by atoms with Crippen molar-refractivity contribution in [1.82, 2.24) is 14.5 Å². The van der Waals surface area contributed by atoms with E-state index in [1.165, 1.54) is 48.1 Å². The third-order valence-corrected chi connectivity index (χ3v) is 11.9. The van der Waals surface area contributed by atoms with Gasteiger partial charge in [-0.2, -0.15) is 0 Å². The predicted octanol–water partition coefficient (Wildman–Crippen LogP) is 13.5. The van der Waals surface area contributed by atoms with Crippen molar-refractivity contribution in [3.63, 3.8) is 0 Å². The molecule has 53 heavy (non-hydrogen) atoms. The molecule has 8 aromatic carbocycles. The fraction of sp³-hybridized carbons (Fsp3) is 0. The van der Waals surface area contributed by atoms with E-state index >= 15 is 0 Å². The van der Waals surface area contributed by atoms with Gasteiger partial charge in [-0.3, -0.25) is 4.57 Å². The summed E-state index contributed by atoms with van der Waals surface area (Å²) in [5.41, 5.74) is 8.16. The molecule has 0 aliphatic carbocycles. The Balaban J connectivity index is 1.20. The first kappa shape index (κ1) is 28.8. The predicted molar refractivity (Wildman–Crippen MR) is 222 cm³/mol. The highest BCUT2D eigenvalue weighted by Gasteiger charge is 2.23. The number of furan rings is 1. The van der Waals surface area contributed by atoms with Crippen LogP contribution in [0.1, 0.15) is 0 Å².